The van der Waals surface area contributed by atoms with Gasteiger partial charge in [-0.15, -0.1) is 0 Å². The van der Waals surface area contributed by atoms with Crippen LogP contribution in [-0.4, -0.2) is 42.7 Å². The molecule has 0 saturated heterocycles. The minimum atomic E-state index is -0.592. The summed E-state index contributed by atoms with van der Waals surface area (Å²) in [6.45, 7) is 8.90. The first kappa shape index (κ1) is 29.6. The molecule has 7 heteroatoms. The molecule has 208 valence electrons. The fourth-order valence-electron chi connectivity index (χ4n) is 4.07. The van der Waals surface area contributed by atoms with Crippen molar-refractivity contribution in [3.8, 4) is 11.5 Å². The Morgan fingerprint density at radius 3 is 2.21 bits per heavy atom. The molecule has 3 aromatic rings. The molecule has 0 saturated carbocycles. The third kappa shape index (κ3) is 10.0. The Labute approximate surface area is 232 Å². The quantitative estimate of drug-likeness (QED) is 0.295. The lowest BCUT2D eigenvalue weighted by Crippen LogP contribution is -2.40. The van der Waals surface area contributed by atoms with Crippen molar-refractivity contribution in [2.75, 3.05) is 20.2 Å². The Hall–Kier alpha value is -4.00. The van der Waals surface area contributed by atoms with Crippen molar-refractivity contribution in [2.24, 2.45) is 0 Å². The fourth-order valence-corrected chi connectivity index (χ4v) is 4.07. The summed E-state index contributed by atoms with van der Waals surface area (Å²) in [6.07, 6.45) is -0.152. The Morgan fingerprint density at radius 2 is 1.56 bits per heavy atom. The average Bonchev–Trinajstić information content (AvgIpc) is 2.91. The zero-order valence-corrected chi connectivity index (χ0v) is 23.6. The first-order chi connectivity index (χ1) is 18.6. The first-order valence-electron chi connectivity index (χ1n) is 13.3. The number of carbonyl (C=O) groups excluding carboxylic acids is 2. The smallest absolute Gasteiger partial charge is 0.407 e. The van der Waals surface area contributed by atoms with Gasteiger partial charge in [-0.05, 0) is 55.5 Å². The number of benzene rings is 3. The van der Waals surface area contributed by atoms with Gasteiger partial charge in [0.25, 0.3) is 0 Å². The van der Waals surface area contributed by atoms with Crippen LogP contribution in [0.5, 0.6) is 11.5 Å². The van der Waals surface area contributed by atoms with Crippen molar-refractivity contribution in [1.82, 2.24) is 10.2 Å². The van der Waals surface area contributed by atoms with Gasteiger partial charge in [-0.25, -0.2) is 4.79 Å². The molecule has 0 aliphatic carbocycles. The lowest BCUT2D eigenvalue weighted by atomic mass is 9.97. The molecule has 1 N–H and O–H groups in total. The molecular weight excluding hydrogens is 492 g/mol. The molecule has 1 unspecified atom stereocenters. The van der Waals surface area contributed by atoms with E-state index in [-0.39, 0.29) is 18.4 Å². The molecule has 39 heavy (non-hydrogen) atoms. The maximum absolute atomic E-state index is 13.4. The van der Waals surface area contributed by atoms with Gasteiger partial charge >= 0.3 is 6.09 Å². The van der Waals surface area contributed by atoms with Crippen LogP contribution >= 0.6 is 0 Å². The summed E-state index contributed by atoms with van der Waals surface area (Å²) in [5, 5.41) is 2.76. The van der Waals surface area contributed by atoms with E-state index in [0.717, 1.165) is 16.7 Å². The van der Waals surface area contributed by atoms with Crippen molar-refractivity contribution in [2.45, 2.75) is 58.8 Å². The Bertz CT molecular complexity index is 1190. The van der Waals surface area contributed by atoms with E-state index < -0.39 is 11.7 Å². The predicted molar refractivity (Wildman–Crippen MR) is 153 cm³/mol. The Balaban J connectivity index is 1.70. The normalized spacial score (nSPS) is 11.8. The number of ether oxygens (including phenoxy) is 3. The zero-order valence-electron chi connectivity index (χ0n) is 23.6. The number of hydrogen-bond donors (Lipinski definition) is 1. The summed E-state index contributed by atoms with van der Waals surface area (Å²) in [5.74, 6) is 1.29. The van der Waals surface area contributed by atoms with Gasteiger partial charge < -0.3 is 24.4 Å². The van der Waals surface area contributed by atoms with Gasteiger partial charge in [-0.3, -0.25) is 4.79 Å². The summed E-state index contributed by atoms with van der Waals surface area (Å²) in [6, 6.07) is 25.6. The Morgan fingerprint density at radius 1 is 0.897 bits per heavy atom. The van der Waals surface area contributed by atoms with Gasteiger partial charge in [-0.2, -0.15) is 0 Å². The van der Waals surface area contributed by atoms with Crippen LogP contribution in [0.1, 0.15) is 56.7 Å². The number of hydrogen-bond acceptors (Lipinski definition) is 5. The fraction of sp³-hybridized carbons (Fsp3) is 0.375. The maximum atomic E-state index is 13.4. The van der Waals surface area contributed by atoms with E-state index >= 15 is 0 Å². The molecule has 0 aromatic heterocycles. The monoisotopic (exact) mass is 532 g/mol. The third-order valence-electron chi connectivity index (χ3n) is 6.09. The molecule has 0 fully saturated rings. The van der Waals surface area contributed by atoms with Crippen LogP contribution in [0, 0.1) is 0 Å². The molecule has 3 aromatic carbocycles. The topological polar surface area (TPSA) is 77.1 Å². The number of methoxy groups -OCH3 is 1. The van der Waals surface area contributed by atoms with Crippen molar-refractivity contribution in [1.29, 1.82) is 0 Å². The molecule has 0 aliphatic rings. The number of amides is 2. The van der Waals surface area contributed by atoms with E-state index in [2.05, 4.69) is 5.32 Å². The van der Waals surface area contributed by atoms with Crippen LogP contribution in [0.3, 0.4) is 0 Å². The summed E-state index contributed by atoms with van der Waals surface area (Å²) in [4.78, 5) is 27.4. The van der Waals surface area contributed by atoms with Crippen molar-refractivity contribution < 1.29 is 23.8 Å². The standard InChI is InChI=1S/C32H40N2O5/c1-24(27-14-10-7-11-15-27)20-30(35)34(19-18-33-31(36)39-32(2,3)4)22-26-16-17-28(29(21-26)37-5)38-23-25-12-8-6-9-13-25/h6-17,21,24H,18-20,22-23H2,1-5H3,(H,33,36). The lowest BCUT2D eigenvalue weighted by Gasteiger charge is -2.26. The van der Waals surface area contributed by atoms with Gasteiger partial charge in [0.2, 0.25) is 5.91 Å². The summed E-state index contributed by atoms with van der Waals surface area (Å²) < 4.78 is 16.9. The third-order valence-corrected chi connectivity index (χ3v) is 6.09. The predicted octanol–water partition coefficient (Wildman–Crippen LogP) is 6.32. The average molecular weight is 533 g/mol. The molecule has 2 amide bonds. The molecule has 7 nitrogen and oxygen atoms in total. The molecule has 0 radical (unpaired) electrons. The molecule has 3 rings (SSSR count). The first-order valence-corrected chi connectivity index (χ1v) is 13.3. The second-order valence-corrected chi connectivity index (χ2v) is 10.5. The van der Waals surface area contributed by atoms with E-state index in [4.69, 9.17) is 14.2 Å². The number of nitrogens with one attached hydrogen (secondary N) is 1. The zero-order chi connectivity index (χ0) is 28.3. The molecule has 0 spiro atoms. The largest absolute Gasteiger partial charge is 0.493 e. The van der Waals surface area contributed by atoms with Crippen LogP contribution in [0.15, 0.2) is 78.9 Å². The van der Waals surface area contributed by atoms with Crippen molar-refractivity contribution >= 4 is 12.0 Å². The summed E-state index contributed by atoms with van der Waals surface area (Å²) in [7, 11) is 1.60. The maximum Gasteiger partial charge on any atom is 0.407 e. The van der Waals surface area contributed by atoms with E-state index in [1.54, 1.807) is 12.0 Å². The van der Waals surface area contributed by atoms with E-state index in [0.29, 0.717) is 37.6 Å². The van der Waals surface area contributed by atoms with E-state index in [9.17, 15) is 9.59 Å². The molecule has 1 atom stereocenters. The van der Waals surface area contributed by atoms with Crippen LogP contribution in [0.25, 0.3) is 0 Å². The van der Waals surface area contributed by atoms with E-state index in [1.165, 1.54) is 0 Å². The number of nitrogens with zero attached hydrogens (tertiary/aromatic N) is 1. The van der Waals surface area contributed by atoms with Gasteiger partial charge in [0.1, 0.15) is 12.2 Å². The second kappa shape index (κ2) is 14.2. The highest BCUT2D eigenvalue weighted by atomic mass is 16.6. The lowest BCUT2D eigenvalue weighted by molar-refractivity contribution is -0.132. The van der Waals surface area contributed by atoms with Gasteiger partial charge in [0.05, 0.1) is 7.11 Å². The molecule has 0 bridgehead atoms. The minimum absolute atomic E-state index is 0.000660. The van der Waals surface area contributed by atoms with Crippen LogP contribution in [0.2, 0.25) is 0 Å². The van der Waals surface area contributed by atoms with Gasteiger partial charge in [-0.1, -0.05) is 73.7 Å². The number of alkyl carbamates (subject to hydrolysis) is 1. The van der Waals surface area contributed by atoms with Crippen LogP contribution in [0.4, 0.5) is 4.79 Å². The number of rotatable bonds is 12. The van der Waals surface area contributed by atoms with Crippen molar-refractivity contribution in [3.63, 3.8) is 0 Å². The highest BCUT2D eigenvalue weighted by Gasteiger charge is 2.20. The summed E-state index contributed by atoms with van der Waals surface area (Å²) in [5.41, 5.74) is 2.48. The van der Waals surface area contributed by atoms with Gasteiger partial charge in [0.15, 0.2) is 11.5 Å². The highest BCUT2D eigenvalue weighted by molar-refractivity contribution is 5.77. The molecule has 0 heterocycles. The minimum Gasteiger partial charge on any atom is -0.493 e. The SMILES string of the molecule is COc1cc(CN(CCNC(=O)OC(C)(C)C)C(=O)CC(C)c2ccccc2)ccc1OCc1ccccc1. The second-order valence-electron chi connectivity index (χ2n) is 10.5. The van der Waals surface area contributed by atoms with Crippen LogP contribution < -0.4 is 14.8 Å². The Kier molecular flexibility index (Phi) is 10.8. The van der Waals surface area contributed by atoms with Crippen LogP contribution in [-0.2, 0) is 22.7 Å². The number of carbonyl (C=O) groups is 2. The highest BCUT2D eigenvalue weighted by Crippen LogP contribution is 2.30. The molecule has 0 aliphatic heterocycles. The summed E-state index contributed by atoms with van der Waals surface area (Å²) >= 11 is 0. The van der Waals surface area contributed by atoms with Crippen molar-refractivity contribution in [3.05, 3.63) is 95.6 Å². The molecular formula is C32H40N2O5. The van der Waals surface area contributed by atoms with Gasteiger partial charge in [0, 0.05) is 26.1 Å². The van der Waals surface area contributed by atoms with E-state index in [1.807, 2.05) is 107 Å².